The van der Waals surface area contributed by atoms with Gasteiger partial charge in [0, 0.05) is 5.69 Å². The van der Waals surface area contributed by atoms with Crippen molar-refractivity contribution in [2.24, 2.45) is 0 Å². The van der Waals surface area contributed by atoms with Crippen molar-refractivity contribution in [2.75, 3.05) is 18.9 Å². The van der Waals surface area contributed by atoms with E-state index in [0.717, 1.165) is 28.2 Å². The Morgan fingerprint density at radius 1 is 0.966 bits per heavy atom. The largest absolute Gasteiger partial charge is 0.325 e. The van der Waals surface area contributed by atoms with E-state index in [1.165, 1.54) is 10.3 Å². The van der Waals surface area contributed by atoms with E-state index in [0.29, 0.717) is 13.1 Å². The van der Waals surface area contributed by atoms with Gasteiger partial charge in [-0.15, -0.1) is 11.3 Å². The highest BCUT2D eigenvalue weighted by molar-refractivity contribution is 7.18. The standard InChI is InChI=1S/C24H23N3OS/c1-27(17-24-26-21-13-7-8-14-22(21)29-24)16-23(28)25-20-12-6-5-11-19(20)15-18-9-3-2-4-10-18/h2-14H,15-17H2,1H3,(H,25,28). The number of anilines is 1. The topological polar surface area (TPSA) is 45.2 Å². The van der Waals surface area contributed by atoms with Crippen LogP contribution >= 0.6 is 11.3 Å². The minimum absolute atomic E-state index is 0.0193. The molecule has 0 unspecified atom stereocenters. The second-order valence-electron chi connectivity index (χ2n) is 7.12. The summed E-state index contributed by atoms with van der Waals surface area (Å²) in [4.78, 5) is 19.3. The van der Waals surface area contributed by atoms with Gasteiger partial charge in [-0.25, -0.2) is 4.98 Å². The van der Waals surface area contributed by atoms with Crippen molar-refractivity contribution in [3.8, 4) is 0 Å². The molecule has 0 aliphatic heterocycles. The molecule has 1 heterocycles. The van der Waals surface area contributed by atoms with Crippen LogP contribution in [0.15, 0.2) is 78.9 Å². The highest BCUT2D eigenvalue weighted by Crippen LogP contribution is 2.22. The van der Waals surface area contributed by atoms with Gasteiger partial charge in [0.1, 0.15) is 5.01 Å². The Hall–Kier alpha value is -3.02. The number of para-hydroxylation sites is 2. The molecule has 1 N–H and O–H groups in total. The zero-order chi connectivity index (χ0) is 20.1. The first-order valence-corrected chi connectivity index (χ1v) is 10.4. The molecule has 5 heteroatoms. The lowest BCUT2D eigenvalue weighted by molar-refractivity contribution is -0.117. The average Bonchev–Trinajstić information content (AvgIpc) is 3.12. The molecule has 0 fully saturated rings. The molecule has 29 heavy (non-hydrogen) atoms. The van der Waals surface area contributed by atoms with Crippen LogP contribution in [0.25, 0.3) is 10.2 Å². The summed E-state index contributed by atoms with van der Waals surface area (Å²) in [5, 5.41) is 4.10. The minimum atomic E-state index is -0.0193. The van der Waals surface area contributed by atoms with Crippen LogP contribution in [0.1, 0.15) is 16.1 Å². The fourth-order valence-electron chi connectivity index (χ4n) is 3.32. The molecule has 4 nitrogen and oxygen atoms in total. The van der Waals surface area contributed by atoms with Gasteiger partial charge in [-0.1, -0.05) is 60.7 Å². The summed E-state index contributed by atoms with van der Waals surface area (Å²) in [6, 6.07) is 26.4. The first kappa shape index (κ1) is 19.3. The molecule has 146 valence electrons. The first-order valence-electron chi connectivity index (χ1n) is 9.62. The number of amides is 1. The first-order chi connectivity index (χ1) is 14.2. The van der Waals surface area contributed by atoms with E-state index in [2.05, 4.69) is 34.6 Å². The molecule has 0 spiro atoms. The van der Waals surface area contributed by atoms with Crippen LogP contribution in [0.4, 0.5) is 5.69 Å². The lowest BCUT2D eigenvalue weighted by Crippen LogP contribution is -2.30. The Labute approximate surface area is 174 Å². The highest BCUT2D eigenvalue weighted by Gasteiger charge is 2.12. The number of likely N-dealkylation sites (N-methyl/N-ethyl adjacent to an activating group) is 1. The summed E-state index contributed by atoms with van der Waals surface area (Å²) in [7, 11) is 1.95. The van der Waals surface area contributed by atoms with Crippen LogP contribution in [0.5, 0.6) is 0 Å². The minimum Gasteiger partial charge on any atom is -0.325 e. The summed E-state index contributed by atoms with van der Waals surface area (Å²) in [6.45, 7) is 0.966. The van der Waals surface area contributed by atoms with Crippen molar-refractivity contribution in [1.29, 1.82) is 0 Å². The molecule has 1 aromatic heterocycles. The summed E-state index contributed by atoms with van der Waals surface area (Å²) < 4.78 is 1.18. The van der Waals surface area contributed by atoms with E-state index in [1.807, 2.05) is 66.5 Å². The second kappa shape index (κ2) is 8.99. The quantitative estimate of drug-likeness (QED) is 0.476. The number of nitrogens with one attached hydrogen (secondary N) is 1. The predicted molar refractivity (Wildman–Crippen MR) is 120 cm³/mol. The van der Waals surface area contributed by atoms with Crippen molar-refractivity contribution in [3.05, 3.63) is 95.0 Å². The van der Waals surface area contributed by atoms with Gasteiger partial charge in [0.2, 0.25) is 5.91 Å². The van der Waals surface area contributed by atoms with Gasteiger partial charge in [0.05, 0.1) is 23.3 Å². The van der Waals surface area contributed by atoms with Crippen LogP contribution in [-0.4, -0.2) is 29.4 Å². The third kappa shape index (κ3) is 5.08. The molecule has 4 aromatic rings. The molecule has 1 amide bonds. The third-order valence-electron chi connectivity index (χ3n) is 4.69. The molecule has 0 radical (unpaired) electrons. The molecule has 0 aliphatic carbocycles. The van der Waals surface area contributed by atoms with E-state index in [9.17, 15) is 4.79 Å². The van der Waals surface area contributed by atoms with Crippen molar-refractivity contribution in [2.45, 2.75) is 13.0 Å². The Kier molecular flexibility index (Phi) is 5.98. The second-order valence-corrected chi connectivity index (χ2v) is 8.23. The Bertz CT molecular complexity index is 1070. The van der Waals surface area contributed by atoms with Gasteiger partial charge in [0.15, 0.2) is 0 Å². The highest BCUT2D eigenvalue weighted by atomic mass is 32.1. The molecule has 4 rings (SSSR count). The number of fused-ring (bicyclic) bond motifs is 1. The van der Waals surface area contributed by atoms with Crippen molar-refractivity contribution < 1.29 is 4.79 Å². The SMILES string of the molecule is CN(CC(=O)Nc1ccccc1Cc1ccccc1)Cc1nc2ccccc2s1. The van der Waals surface area contributed by atoms with E-state index in [1.54, 1.807) is 11.3 Å². The molecule has 0 aliphatic rings. The number of carbonyl (C=O) groups excluding carboxylic acids is 1. The Morgan fingerprint density at radius 2 is 1.69 bits per heavy atom. The number of aromatic nitrogens is 1. The Balaban J connectivity index is 1.38. The number of nitrogens with zero attached hydrogens (tertiary/aromatic N) is 2. The number of thiazole rings is 1. The fourth-order valence-corrected chi connectivity index (χ4v) is 4.37. The van der Waals surface area contributed by atoms with E-state index < -0.39 is 0 Å². The smallest absolute Gasteiger partial charge is 0.238 e. The molecular formula is C24H23N3OS. The van der Waals surface area contributed by atoms with Gasteiger partial charge >= 0.3 is 0 Å². The number of benzene rings is 3. The van der Waals surface area contributed by atoms with Crippen LogP contribution < -0.4 is 5.32 Å². The zero-order valence-corrected chi connectivity index (χ0v) is 17.2. The normalized spacial score (nSPS) is 11.1. The van der Waals surface area contributed by atoms with E-state index >= 15 is 0 Å². The maximum absolute atomic E-state index is 12.6. The Morgan fingerprint density at radius 3 is 2.52 bits per heavy atom. The van der Waals surface area contributed by atoms with Gasteiger partial charge in [0.25, 0.3) is 0 Å². The number of carbonyl (C=O) groups is 1. The fraction of sp³-hybridized carbons (Fsp3) is 0.167. The maximum Gasteiger partial charge on any atom is 0.238 e. The summed E-state index contributed by atoms with van der Waals surface area (Å²) in [6.07, 6.45) is 0.791. The van der Waals surface area contributed by atoms with Crippen molar-refractivity contribution in [3.63, 3.8) is 0 Å². The van der Waals surface area contributed by atoms with Gasteiger partial charge in [-0.2, -0.15) is 0 Å². The molecule has 3 aromatic carbocycles. The third-order valence-corrected chi connectivity index (χ3v) is 5.71. The molecule has 0 bridgehead atoms. The van der Waals surface area contributed by atoms with Crippen LogP contribution in [0.3, 0.4) is 0 Å². The molecule has 0 saturated carbocycles. The lowest BCUT2D eigenvalue weighted by atomic mass is 10.0. The summed E-state index contributed by atoms with van der Waals surface area (Å²) in [5.74, 6) is -0.0193. The summed E-state index contributed by atoms with van der Waals surface area (Å²) in [5.41, 5.74) is 4.22. The molecule has 0 saturated heterocycles. The van der Waals surface area contributed by atoms with Gasteiger partial charge in [-0.05, 0) is 42.8 Å². The van der Waals surface area contributed by atoms with Gasteiger partial charge < -0.3 is 5.32 Å². The van der Waals surface area contributed by atoms with Crippen molar-refractivity contribution >= 4 is 33.1 Å². The average molecular weight is 402 g/mol. The number of hydrogen-bond acceptors (Lipinski definition) is 4. The maximum atomic E-state index is 12.6. The molecule has 0 atom stereocenters. The number of hydrogen-bond donors (Lipinski definition) is 1. The lowest BCUT2D eigenvalue weighted by Gasteiger charge is -2.16. The van der Waals surface area contributed by atoms with E-state index in [4.69, 9.17) is 0 Å². The van der Waals surface area contributed by atoms with Crippen LogP contribution in [0, 0.1) is 0 Å². The molecular weight excluding hydrogens is 378 g/mol. The van der Waals surface area contributed by atoms with Crippen LogP contribution in [-0.2, 0) is 17.8 Å². The van der Waals surface area contributed by atoms with Gasteiger partial charge in [-0.3, -0.25) is 9.69 Å². The van der Waals surface area contributed by atoms with Crippen molar-refractivity contribution in [1.82, 2.24) is 9.88 Å². The zero-order valence-electron chi connectivity index (χ0n) is 16.3. The monoisotopic (exact) mass is 401 g/mol. The van der Waals surface area contributed by atoms with E-state index in [-0.39, 0.29) is 5.91 Å². The predicted octanol–water partition coefficient (Wildman–Crippen LogP) is 4.96. The summed E-state index contributed by atoms with van der Waals surface area (Å²) >= 11 is 1.68. The van der Waals surface area contributed by atoms with Crippen LogP contribution in [0.2, 0.25) is 0 Å². The number of rotatable bonds is 7.